The van der Waals surface area contributed by atoms with Crippen LogP contribution in [0.1, 0.15) is 18.1 Å². The second-order valence-corrected chi connectivity index (χ2v) is 7.92. The number of amides is 1. The molecule has 0 aliphatic heterocycles. The molecule has 1 amide bonds. The highest BCUT2D eigenvalue weighted by Crippen LogP contribution is 2.37. The predicted molar refractivity (Wildman–Crippen MR) is 132 cm³/mol. The molecule has 0 aliphatic carbocycles. The van der Waals surface area contributed by atoms with Gasteiger partial charge >= 0.3 is 0 Å². The second kappa shape index (κ2) is 10.3. The summed E-state index contributed by atoms with van der Waals surface area (Å²) in [5, 5.41) is 3.81. The van der Waals surface area contributed by atoms with E-state index in [1.807, 2.05) is 43.3 Å². The fourth-order valence-corrected chi connectivity index (χ4v) is 3.83. The summed E-state index contributed by atoms with van der Waals surface area (Å²) in [5.41, 5.74) is 5.16. The molecule has 0 radical (unpaired) electrons. The number of allylic oxidation sites excluding steroid dienone is 1. The van der Waals surface area contributed by atoms with Crippen LogP contribution < -0.4 is 14.8 Å². The molecule has 0 bridgehead atoms. The standard InChI is InChI=1S/C28H26FNO4/c1-18(14-28(31)30-13-12-19-4-8-21(29)9-5-19)23-15-24-25(17-34-27(24)16-26(23)33-3)20-6-10-22(32-2)11-7-20/h4-11,14-17H,12-13H2,1-3H3,(H,30,31)/b18-14+. The SMILES string of the molecule is COc1ccc(-c2coc3cc(OC)c(/C(C)=C/C(=O)NCCc4ccc(F)cc4)cc23)cc1. The van der Waals surface area contributed by atoms with Gasteiger partial charge in [0.1, 0.15) is 22.9 Å². The Morgan fingerprint density at radius 2 is 1.76 bits per heavy atom. The van der Waals surface area contributed by atoms with Gasteiger partial charge in [-0.1, -0.05) is 24.3 Å². The summed E-state index contributed by atoms with van der Waals surface area (Å²) in [4.78, 5) is 12.5. The van der Waals surface area contributed by atoms with Gasteiger partial charge in [0.15, 0.2) is 0 Å². The zero-order valence-corrected chi connectivity index (χ0v) is 19.4. The van der Waals surface area contributed by atoms with Crippen molar-refractivity contribution in [3.05, 3.63) is 89.9 Å². The Morgan fingerprint density at radius 1 is 1.03 bits per heavy atom. The van der Waals surface area contributed by atoms with Gasteiger partial charge in [-0.05, 0) is 60.4 Å². The van der Waals surface area contributed by atoms with Crippen molar-refractivity contribution >= 4 is 22.4 Å². The average Bonchev–Trinajstić information content (AvgIpc) is 3.27. The summed E-state index contributed by atoms with van der Waals surface area (Å²) in [6.07, 6.45) is 3.90. The molecular formula is C28H26FNO4. The fourth-order valence-electron chi connectivity index (χ4n) is 3.83. The van der Waals surface area contributed by atoms with Crippen molar-refractivity contribution in [3.63, 3.8) is 0 Å². The summed E-state index contributed by atoms with van der Waals surface area (Å²) >= 11 is 0. The fraction of sp³-hybridized carbons (Fsp3) is 0.179. The Morgan fingerprint density at radius 3 is 2.44 bits per heavy atom. The van der Waals surface area contributed by atoms with Crippen LogP contribution in [0.5, 0.6) is 11.5 Å². The molecular weight excluding hydrogens is 433 g/mol. The molecule has 0 spiro atoms. The van der Waals surface area contributed by atoms with E-state index in [1.165, 1.54) is 12.1 Å². The molecule has 4 rings (SSSR count). The second-order valence-electron chi connectivity index (χ2n) is 7.92. The van der Waals surface area contributed by atoms with Crippen LogP contribution in [0.3, 0.4) is 0 Å². The maximum Gasteiger partial charge on any atom is 0.244 e. The zero-order valence-electron chi connectivity index (χ0n) is 19.4. The van der Waals surface area contributed by atoms with Gasteiger partial charge in [0.2, 0.25) is 5.91 Å². The van der Waals surface area contributed by atoms with Crippen LogP contribution in [0, 0.1) is 5.82 Å². The van der Waals surface area contributed by atoms with Crippen LogP contribution in [-0.4, -0.2) is 26.7 Å². The van der Waals surface area contributed by atoms with E-state index < -0.39 is 0 Å². The molecule has 0 fully saturated rings. The minimum atomic E-state index is -0.273. The third-order valence-corrected chi connectivity index (χ3v) is 5.70. The van der Waals surface area contributed by atoms with Gasteiger partial charge in [-0.3, -0.25) is 4.79 Å². The van der Waals surface area contributed by atoms with Crippen molar-refractivity contribution in [2.45, 2.75) is 13.3 Å². The smallest absolute Gasteiger partial charge is 0.244 e. The molecule has 0 saturated heterocycles. The predicted octanol–water partition coefficient (Wildman–Crippen LogP) is 6.02. The van der Waals surface area contributed by atoms with Gasteiger partial charge in [-0.2, -0.15) is 0 Å². The number of hydrogen-bond donors (Lipinski definition) is 1. The maximum absolute atomic E-state index is 13.0. The van der Waals surface area contributed by atoms with E-state index in [9.17, 15) is 9.18 Å². The Bertz CT molecular complexity index is 1320. The quantitative estimate of drug-likeness (QED) is 0.328. The molecule has 0 saturated carbocycles. The normalized spacial score (nSPS) is 11.5. The topological polar surface area (TPSA) is 60.7 Å². The summed E-state index contributed by atoms with van der Waals surface area (Å²) < 4.78 is 29.6. The lowest BCUT2D eigenvalue weighted by molar-refractivity contribution is -0.116. The van der Waals surface area contributed by atoms with Crippen molar-refractivity contribution in [2.24, 2.45) is 0 Å². The van der Waals surface area contributed by atoms with Crippen LogP contribution in [0.2, 0.25) is 0 Å². The molecule has 0 unspecified atom stereocenters. The van der Waals surface area contributed by atoms with Crippen molar-refractivity contribution in [1.82, 2.24) is 5.32 Å². The molecule has 1 aromatic heterocycles. The average molecular weight is 460 g/mol. The first kappa shape index (κ1) is 23.1. The Labute approximate surface area is 197 Å². The molecule has 0 aliphatic rings. The van der Waals surface area contributed by atoms with Gasteiger partial charge in [-0.25, -0.2) is 4.39 Å². The minimum absolute atomic E-state index is 0.204. The lowest BCUT2D eigenvalue weighted by Crippen LogP contribution is -2.23. The van der Waals surface area contributed by atoms with Crippen molar-refractivity contribution in [2.75, 3.05) is 20.8 Å². The zero-order chi connectivity index (χ0) is 24.1. The molecule has 1 N–H and O–H groups in total. The summed E-state index contributed by atoms with van der Waals surface area (Å²) in [6, 6.07) is 17.8. The highest BCUT2D eigenvalue weighted by Gasteiger charge is 2.15. The number of halogens is 1. The number of ether oxygens (including phenoxy) is 2. The minimum Gasteiger partial charge on any atom is -0.497 e. The number of furan rings is 1. The number of nitrogens with one attached hydrogen (secondary N) is 1. The van der Waals surface area contributed by atoms with E-state index in [4.69, 9.17) is 13.9 Å². The van der Waals surface area contributed by atoms with Gasteiger partial charge in [0.25, 0.3) is 0 Å². The molecule has 0 atom stereocenters. The van der Waals surface area contributed by atoms with Gasteiger partial charge in [0, 0.05) is 35.2 Å². The van der Waals surface area contributed by atoms with Gasteiger partial charge in [-0.15, -0.1) is 0 Å². The maximum atomic E-state index is 13.0. The van der Waals surface area contributed by atoms with Crippen LogP contribution in [0.4, 0.5) is 4.39 Å². The Hall–Kier alpha value is -4.06. The van der Waals surface area contributed by atoms with Crippen molar-refractivity contribution in [3.8, 4) is 22.6 Å². The van der Waals surface area contributed by atoms with Crippen molar-refractivity contribution in [1.29, 1.82) is 0 Å². The number of benzene rings is 3. The number of carbonyl (C=O) groups excluding carboxylic acids is 1. The van der Waals surface area contributed by atoms with Crippen LogP contribution in [0.25, 0.3) is 27.7 Å². The van der Waals surface area contributed by atoms with Crippen molar-refractivity contribution < 1.29 is 23.1 Å². The van der Waals surface area contributed by atoms with Gasteiger partial charge < -0.3 is 19.2 Å². The number of fused-ring (bicyclic) bond motifs is 1. The molecule has 174 valence electrons. The van der Waals surface area contributed by atoms with E-state index in [1.54, 1.807) is 38.7 Å². The lowest BCUT2D eigenvalue weighted by atomic mass is 9.99. The molecule has 1 heterocycles. The van der Waals surface area contributed by atoms with E-state index in [0.717, 1.165) is 39.0 Å². The first-order valence-corrected chi connectivity index (χ1v) is 10.9. The molecule has 4 aromatic rings. The van der Waals surface area contributed by atoms with E-state index in [0.29, 0.717) is 24.3 Å². The number of carbonyl (C=O) groups is 1. The van der Waals surface area contributed by atoms with Crippen LogP contribution >= 0.6 is 0 Å². The first-order chi connectivity index (χ1) is 16.5. The summed E-state index contributed by atoms with van der Waals surface area (Å²) in [5.74, 6) is 0.925. The van der Waals surface area contributed by atoms with Crippen LogP contribution in [-0.2, 0) is 11.2 Å². The van der Waals surface area contributed by atoms with E-state index in [2.05, 4.69) is 5.32 Å². The Kier molecular flexibility index (Phi) is 6.97. The first-order valence-electron chi connectivity index (χ1n) is 10.9. The summed E-state index contributed by atoms with van der Waals surface area (Å²) in [6.45, 7) is 2.32. The third-order valence-electron chi connectivity index (χ3n) is 5.70. The molecule has 6 heteroatoms. The highest BCUT2D eigenvalue weighted by molar-refractivity contribution is 6.00. The monoisotopic (exact) mass is 459 g/mol. The van der Waals surface area contributed by atoms with Crippen LogP contribution in [0.15, 0.2) is 77.4 Å². The molecule has 3 aromatic carbocycles. The highest BCUT2D eigenvalue weighted by atomic mass is 19.1. The Balaban J connectivity index is 1.55. The number of methoxy groups -OCH3 is 2. The largest absolute Gasteiger partial charge is 0.497 e. The number of rotatable bonds is 8. The van der Waals surface area contributed by atoms with E-state index in [-0.39, 0.29) is 11.7 Å². The summed E-state index contributed by atoms with van der Waals surface area (Å²) in [7, 11) is 3.23. The molecule has 5 nitrogen and oxygen atoms in total. The third kappa shape index (κ3) is 5.12. The molecule has 34 heavy (non-hydrogen) atoms. The number of hydrogen-bond acceptors (Lipinski definition) is 4. The van der Waals surface area contributed by atoms with E-state index >= 15 is 0 Å². The van der Waals surface area contributed by atoms with Gasteiger partial charge in [0.05, 0.1) is 20.5 Å². The lowest BCUT2D eigenvalue weighted by Gasteiger charge is -2.10.